The molecule has 0 saturated carbocycles. The summed E-state index contributed by atoms with van der Waals surface area (Å²) >= 11 is 0. The molecule has 0 bridgehead atoms. The number of carbonyl (C=O) groups is 1. The third kappa shape index (κ3) is 3.85. The molecular formula is C20H20N2O8. The summed E-state index contributed by atoms with van der Waals surface area (Å²) in [4.78, 5) is 27.5. The van der Waals surface area contributed by atoms with Crippen LogP contribution in [0.25, 0.3) is 22.6 Å². The van der Waals surface area contributed by atoms with Crippen molar-refractivity contribution < 1.29 is 34.0 Å². The molecule has 1 aromatic rings. The van der Waals surface area contributed by atoms with Gasteiger partial charge in [-0.1, -0.05) is 0 Å². The van der Waals surface area contributed by atoms with Crippen molar-refractivity contribution in [3.05, 3.63) is 46.6 Å². The zero-order valence-electron chi connectivity index (χ0n) is 15.9. The van der Waals surface area contributed by atoms with Crippen LogP contribution in [0.5, 0.6) is 5.75 Å². The summed E-state index contributed by atoms with van der Waals surface area (Å²) in [5.74, 6) is 0.130. The maximum Gasteiger partial charge on any atom is 0.223 e. The van der Waals surface area contributed by atoms with Gasteiger partial charge in [0.25, 0.3) is 0 Å². The Morgan fingerprint density at radius 3 is 2.73 bits per heavy atom. The van der Waals surface area contributed by atoms with E-state index in [0.717, 1.165) is 0 Å². The highest BCUT2D eigenvalue weighted by molar-refractivity contribution is 5.77. The molecule has 10 heteroatoms. The predicted octanol–water partition coefficient (Wildman–Crippen LogP) is -0.385. The number of hydrogen-bond acceptors (Lipinski definition) is 9. The number of aliphatic hydroxyl groups excluding tert-OH is 3. The lowest BCUT2D eigenvalue weighted by Gasteiger charge is -2.42. The molecular weight excluding hydrogens is 396 g/mol. The smallest absolute Gasteiger partial charge is 0.223 e. The van der Waals surface area contributed by atoms with Crippen LogP contribution < -0.4 is 15.5 Å². The molecule has 0 aromatic heterocycles. The summed E-state index contributed by atoms with van der Waals surface area (Å²) in [5.41, 5.74) is 1.19. The van der Waals surface area contributed by atoms with Crippen molar-refractivity contribution in [2.24, 2.45) is 0 Å². The number of ether oxygens (including phenoxy) is 2. The van der Waals surface area contributed by atoms with Gasteiger partial charge in [-0.25, -0.2) is 4.98 Å². The van der Waals surface area contributed by atoms with E-state index in [2.05, 4.69) is 10.3 Å². The van der Waals surface area contributed by atoms with E-state index in [1.54, 1.807) is 18.2 Å². The topological polar surface area (TPSA) is 151 Å². The van der Waals surface area contributed by atoms with Crippen molar-refractivity contribution in [1.82, 2.24) is 10.3 Å². The maximum absolute atomic E-state index is 11.6. The number of nitrogens with zero attached hydrogens (tertiary/aromatic N) is 1. The van der Waals surface area contributed by atoms with Gasteiger partial charge in [-0.2, -0.15) is 0 Å². The van der Waals surface area contributed by atoms with Gasteiger partial charge in [0.05, 0.1) is 6.61 Å². The number of aromatic nitrogens is 1. The van der Waals surface area contributed by atoms with Gasteiger partial charge < -0.3 is 34.5 Å². The van der Waals surface area contributed by atoms with Gasteiger partial charge in [-0.05, 0) is 24.3 Å². The molecule has 1 aliphatic carbocycles. The third-order valence-electron chi connectivity index (χ3n) is 4.83. The molecule has 1 amide bonds. The Balaban J connectivity index is 1.66. The van der Waals surface area contributed by atoms with Crippen LogP contribution in [0.4, 0.5) is 0 Å². The average Bonchev–Trinajstić information content (AvgIpc) is 2.71. The molecule has 4 rings (SSSR count). The first-order valence-electron chi connectivity index (χ1n) is 9.26. The second-order valence-electron chi connectivity index (χ2n) is 7.02. The van der Waals surface area contributed by atoms with E-state index in [0.29, 0.717) is 22.6 Å². The molecule has 30 heavy (non-hydrogen) atoms. The lowest BCUT2D eigenvalue weighted by Crippen LogP contribution is -2.65. The van der Waals surface area contributed by atoms with Crippen LogP contribution in [0.1, 0.15) is 6.92 Å². The van der Waals surface area contributed by atoms with Gasteiger partial charge in [-0.3, -0.25) is 9.59 Å². The number of aliphatic hydroxyl groups is 3. The predicted molar refractivity (Wildman–Crippen MR) is 103 cm³/mol. The van der Waals surface area contributed by atoms with E-state index in [4.69, 9.17) is 13.9 Å². The number of rotatable bonds is 4. The summed E-state index contributed by atoms with van der Waals surface area (Å²) in [6, 6.07) is 7.98. The van der Waals surface area contributed by atoms with Crippen molar-refractivity contribution >= 4 is 17.0 Å². The molecule has 2 heterocycles. The summed E-state index contributed by atoms with van der Waals surface area (Å²) < 4.78 is 17.1. The molecule has 0 spiro atoms. The molecule has 3 aliphatic rings. The third-order valence-corrected chi connectivity index (χ3v) is 4.83. The van der Waals surface area contributed by atoms with Crippen molar-refractivity contribution in [3.8, 4) is 17.2 Å². The molecule has 5 atom stereocenters. The maximum atomic E-state index is 11.6. The fraction of sp³-hybridized carbons (Fsp3) is 0.350. The van der Waals surface area contributed by atoms with Crippen molar-refractivity contribution in [2.45, 2.75) is 37.6 Å². The largest absolute Gasteiger partial charge is 0.462 e. The molecule has 4 N–H and O–H groups in total. The summed E-state index contributed by atoms with van der Waals surface area (Å²) in [5, 5.41) is 32.3. The van der Waals surface area contributed by atoms with Crippen molar-refractivity contribution in [3.63, 3.8) is 0 Å². The lowest BCUT2D eigenvalue weighted by molar-refractivity contribution is -0.244. The second-order valence-corrected chi connectivity index (χ2v) is 7.02. The Hall–Kier alpha value is -3.05. The summed E-state index contributed by atoms with van der Waals surface area (Å²) in [6.07, 6.45) is -5.11. The second kappa shape index (κ2) is 8.00. The van der Waals surface area contributed by atoms with Gasteiger partial charge in [0.2, 0.25) is 12.2 Å². The van der Waals surface area contributed by atoms with Gasteiger partial charge in [0.1, 0.15) is 41.3 Å². The fourth-order valence-corrected chi connectivity index (χ4v) is 3.36. The first-order valence-corrected chi connectivity index (χ1v) is 9.26. The van der Waals surface area contributed by atoms with E-state index < -0.39 is 43.2 Å². The molecule has 0 radical (unpaired) electrons. The zero-order valence-corrected chi connectivity index (χ0v) is 15.9. The summed E-state index contributed by atoms with van der Waals surface area (Å²) in [7, 11) is 0. The van der Waals surface area contributed by atoms with Crippen LogP contribution in [-0.4, -0.2) is 63.5 Å². The van der Waals surface area contributed by atoms with Gasteiger partial charge >= 0.3 is 0 Å². The van der Waals surface area contributed by atoms with E-state index in [1.807, 2.05) is 0 Å². The Labute approximate surface area is 170 Å². The minimum atomic E-state index is -1.42. The molecule has 1 aromatic carbocycles. The number of fused-ring (bicyclic) bond motifs is 2. The highest BCUT2D eigenvalue weighted by Gasteiger charge is 2.46. The number of nitrogens with one attached hydrogen (secondary N) is 1. The normalized spacial score (nSPS) is 26.6. The summed E-state index contributed by atoms with van der Waals surface area (Å²) in [6.45, 7) is 0.704. The number of benzene rings is 2. The van der Waals surface area contributed by atoms with E-state index in [1.165, 1.54) is 25.1 Å². The van der Waals surface area contributed by atoms with Gasteiger partial charge in [0, 0.05) is 19.1 Å². The van der Waals surface area contributed by atoms with Gasteiger partial charge in [0.15, 0.2) is 16.8 Å². The minimum absolute atomic E-state index is 0.212. The van der Waals surface area contributed by atoms with Crippen LogP contribution in [0, 0.1) is 0 Å². The van der Waals surface area contributed by atoms with Crippen molar-refractivity contribution in [2.75, 3.05) is 6.61 Å². The molecule has 1 saturated heterocycles. The van der Waals surface area contributed by atoms with Crippen LogP contribution in [0.2, 0.25) is 0 Å². The first-order chi connectivity index (χ1) is 14.4. The van der Waals surface area contributed by atoms with Crippen LogP contribution in [-0.2, 0) is 9.53 Å². The van der Waals surface area contributed by atoms with Crippen molar-refractivity contribution in [1.29, 1.82) is 0 Å². The van der Waals surface area contributed by atoms with Crippen LogP contribution in [0.15, 0.2) is 45.6 Å². The highest BCUT2D eigenvalue weighted by atomic mass is 16.7. The minimum Gasteiger partial charge on any atom is -0.462 e. The Morgan fingerprint density at radius 1 is 1.20 bits per heavy atom. The number of amides is 1. The zero-order chi connectivity index (χ0) is 21.4. The van der Waals surface area contributed by atoms with E-state index in [9.17, 15) is 24.9 Å². The van der Waals surface area contributed by atoms with E-state index >= 15 is 0 Å². The molecule has 0 unspecified atom stereocenters. The SMILES string of the molecule is CC(=O)N[C@H]1[C@H](Oc2ccc3nc4ccc(=O)cc-4oc3c2)O[C@H](CO)[C@@H](O)[C@@H]1O. The Bertz CT molecular complexity index is 1100. The molecule has 158 valence electrons. The monoisotopic (exact) mass is 416 g/mol. The quantitative estimate of drug-likeness (QED) is 0.417. The lowest BCUT2D eigenvalue weighted by atomic mass is 9.97. The fourth-order valence-electron chi connectivity index (χ4n) is 3.36. The van der Waals surface area contributed by atoms with Crippen LogP contribution in [0.3, 0.4) is 0 Å². The molecule has 1 fully saturated rings. The highest BCUT2D eigenvalue weighted by Crippen LogP contribution is 2.29. The van der Waals surface area contributed by atoms with Crippen LogP contribution >= 0.6 is 0 Å². The Morgan fingerprint density at radius 2 is 2.00 bits per heavy atom. The number of carbonyl (C=O) groups excluding carboxylic acids is 1. The first kappa shape index (κ1) is 20.2. The molecule has 2 aliphatic heterocycles. The Kier molecular flexibility index (Phi) is 5.39. The van der Waals surface area contributed by atoms with E-state index in [-0.39, 0.29) is 11.2 Å². The number of hydrogen-bond donors (Lipinski definition) is 4. The molecule has 10 nitrogen and oxygen atoms in total. The standard InChI is InChI=1S/C20H20N2O8/c1-9(24)21-17-19(27)18(26)16(8-23)30-20(17)28-11-3-5-13-15(7-11)29-14-6-10(25)2-4-12(14)22-13/h2-7,16-20,23,26-27H,8H2,1H3,(H,21,24)/t16-,17-,18-,19-,20-/m1/s1. The average molecular weight is 416 g/mol. The van der Waals surface area contributed by atoms with Gasteiger partial charge in [-0.15, -0.1) is 0 Å².